The molecule has 0 amide bonds. The Bertz CT molecular complexity index is 921. The number of nitro groups is 1. The molecule has 0 saturated carbocycles. The van der Waals surface area contributed by atoms with E-state index in [2.05, 4.69) is 10.3 Å². The first-order valence-corrected chi connectivity index (χ1v) is 7.55. The predicted octanol–water partition coefficient (Wildman–Crippen LogP) is 3.02. The molecule has 0 atom stereocenters. The van der Waals surface area contributed by atoms with Crippen molar-refractivity contribution in [1.29, 1.82) is 0 Å². The number of nitro benzene ring substituents is 1. The molecule has 8 heteroatoms. The van der Waals surface area contributed by atoms with E-state index in [1.54, 1.807) is 49.4 Å². The van der Waals surface area contributed by atoms with Crippen LogP contribution in [0.3, 0.4) is 0 Å². The minimum atomic E-state index is -0.633. The largest absolute Gasteiger partial charge is 0.461 e. The maximum Gasteiger partial charge on any atom is 0.361 e. The Morgan fingerprint density at radius 2 is 1.84 bits per heavy atom. The van der Waals surface area contributed by atoms with E-state index in [-0.39, 0.29) is 23.7 Å². The number of ether oxygens (including phenoxy) is 1. The lowest BCUT2D eigenvalue weighted by atomic mass is 10.1. The van der Waals surface area contributed by atoms with E-state index in [0.717, 1.165) is 0 Å². The molecule has 0 aliphatic rings. The number of hydrogen-bond donors (Lipinski definition) is 0. The predicted molar refractivity (Wildman–Crippen MR) is 89.4 cm³/mol. The Kier molecular flexibility index (Phi) is 4.51. The van der Waals surface area contributed by atoms with Gasteiger partial charge >= 0.3 is 5.97 Å². The van der Waals surface area contributed by atoms with Gasteiger partial charge in [-0.25, -0.2) is 9.48 Å². The molecular weight excluding hydrogens is 324 g/mol. The summed E-state index contributed by atoms with van der Waals surface area (Å²) in [6, 6.07) is 15.1. The highest BCUT2D eigenvalue weighted by Gasteiger charge is 2.26. The second-order valence-electron chi connectivity index (χ2n) is 5.03. The van der Waals surface area contributed by atoms with Gasteiger partial charge in [0.15, 0.2) is 5.69 Å². The molecule has 0 bridgehead atoms. The van der Waals surface area contributed by atoms with Gasteiger partial charge < -0.3 is 4.74 Å². The first kappa shape index (κ1) is 16.3. The fourth-order valence-electron chi connectivity index (χ4n) is 2.44. The van der Waals surface area contributed by atoms with Crippen molar-refractivity contribution < 1.29 is 14.5 Å². The van der Waals surface area contributed by atoms with Gasteiger partial charge in [0.25, 0.3) is 5.69 Å². The molecule has 0 unspecified atom stereocenters. The molecule has 1 aromatic heterocycles. The highest BCUT2D eigenvalue weighted by molar-refractivity contribution is 5.94. The molecule has 0 radical (unpaired) electrons. The first-order chi connectivity index (χ1) is 12.1. The first-order valence-electron chi connectivity index (χ1n) is 7.55. The fraction of sp³-hybridized carbons (Fsp3) is 0.118. The van der Waals surface area contributed by atoms with Crippen molar-refractivity contribution in [2.75, 3.05) is 6.61 Å². The third kappa shape index (κ3) is 3.09. The SMILES string of the molecule is CCOC(=O)c1nnn(-c2ccccc2[N+](=O)[O-])c1-c1ccccc1. The number of carbonyl (C=O) groups excluding carboxylic acids is 1. The standard InChI is InChI=1S/C17H14N4O4/c1-2-25-17(22)15-16(12-8-4-3-5-9-12)20(19-18-15)13-10-6-7-11-14(13)21(23)24/h3-11H,2H2,1H3. The van der Waals surface area contributed by atoms with Gasteiger partial charge in [-0.2, -0.15) is 0 Å². The van der Waals surface area contributed by atoms with Crippen LogP contribution in [0.2, 0.25) is 0 Å². The van der Waals surface area contributed by atoms with Crippen molar-refractivity contribution in [3.05, 3.63) is 70.4 Å². The Hall–Kier alpha value is -3.55. The Morgan fingerprint density at radius 3 is 2.52 bits per heavy atom. The summed E-state index contributed by atoms with van der Waals surface area (Å²) < 4.78 is 6.32. The number of aromatic nitrogens is 3. The number of para-hydroxylation sites is 2. The lowest BCUT2D eigenvalue weighted by Crippen LogP contribution is -2.08. The number of rotatable bonds is 5. The number of hydrogen-bond acceptors (Lipinski definition) is 6. The van der Waals surface area contributed by atoms with Gasteiger partial charge in [-0.1, -0.05) is 47.7 Å². The number of esters is 1. The van der Waals surface area contributed by atoms with Crippen LogP contribution < -0.4 is 0 Å². The monoisotopic (exact) mass is 338 g/mol. The van der Waals surface area contributed by atoms with Gasteiger partial charge in [0.2, 0.25) is 0 Å². The highest BCUT2D eigenvalue weighted by Crippen LogP contribution is 2.29. The fourth-order valence-corrected chi connectivity index (χ4v) is 2.44. The molecule has 0 spiro atoms. The highest BCUT2D eigenvalue weighted by atomic mass is 16.6. The van der Waals surface area contributed by atoms with Crippen LogP contribution in [0.4, 0.5) is 5.69 Å². The molecule has 0 aliphatic heterocycles. The number of benzene rings is 2. The molecule has 3 aromatic rings. The van der Waals surface area contributed by atoms with E-state index in [1.807, 2.05) is 6.07 Å². The second kappa shape index (κ2) is 6.91. The topological polar surface area (TPSA) is 100 Å². The molecule has 3 rings (SSSR count). The van der Waals surface area contributed by atoms with Crippen molar-refractivity contribution >= 4 is 11.7 Å². The van der Waals surface area contributed by atoms with E-state index in [1.165, 1.54) is 10.7 Å². The van der Waals surface area contributed by atoms with Crippen LogP contribution in [-0.4, -0.2) is 32.5 Å². The molecule has 2 aromatic carbocycles. The zero-order valence-electron chi connectivity index (χ0n) is 13.3. The molecular formula is C17H14N4O4. The summed E-state index contributed by atoms with van der Waals surface area (Å²) in [5.74, 6) is -0.633. The molecule has 126 valence electrons. The van der Waals surface area contributed by atoms with Crippen molar-refractivity contribution in [1.82, 2.24) is 15.0 Å². The van der Waals surface area contributed by atoms with Gasteiger partial charge in [-0.15, -0.1) is 5.10 Å². The van der Waals surface area contributed by atoms with Crippen molar-refractivity contribution in [2.45, 2.75) is 6.92 Å². The molecule has 0 aliphatic carbocycles. The summed E-state index contributed by atoms with van der Waals surface area (Å²) in [5.41, 5.74) is 1.07. The molecule has 0 fully saturated rings. The average Bonchev–Trinajstić information content (AvgIpc) is 3.07. The molecule has 25 heavy (non-hydrogen) atoms. The summed E-state index contributed by atoms with van der Waals surface area (Å²) in [5, 5.41) is 19.2. The zero-order valence-corrected chi connectivity index (χ0v) is 13.3. The van der Waals surface area contributed by atoms with Crippen molar-refractivity contribution in [3.8, 4) is 16.9 Å². The van der Waals surface area contributed by atoms with Gasteiger partial charge in [0, 0.05) is 11.6 Å². The molecule has 1 heterocycles. The lowest BCUT2D eigenvalue weighted by molar-refractivity contribution is -0.384. The minimum Gasteiger partial charge on any atom is -0.461 e. The molecule has 0 saturated heterocycles. The van der Waals surface area contributed by atoms with Crippen LogP contribution in [0.15, 0.2) is 54.6 Å². The smallest absolute Gasteiger partial charge is 0.361 e. The van der Waals surface area contributed by atoms with Crippen LogP contribution in [0, 0.1) is 10.1 Å². The van der Waals surface area contributed by atoms with E-state index in [9.17, 15) is 14.9 Å². The summed E-state index contributed by atoms with van der Waals surface area (Å²) >= 11 is 0. The van der Waals surface area contributed by atoms with E-state index in [4.69, 9.17) is 4.74 Å². The third-order valence-electron chi connectivity index (χ3n) is 3.49. The van der Waals surface area contributed by atoms with Crippen molar-refractivity contribution in [3.63, 3.8) is 0 Å². The van der Waals surface area contributed by atoms with Gasteiger partial charge in [-0.05, 0) is 13.0 Å². The maximum absolute atomic E-state index is 12.2. The third-order valence-corrected chi connectivity index (χ3v) is 3.49. The van der Waals surface area contributed by atoms with Gasteiger partial charge in [0.1, 0.15) is 11.4 Å². The van der Waals surface area contributed by atoms with Crippen molar-refractivity contribution in [2.24, 2.45) is 0 Å². The summed E-state index contributed by atoms with van der Waals surface area (Å²) in [4.78, 5) is 23.1. The number of nitrogens with zero attached hydrogens (tertiary/aromatic N) is 4. The second-order valence-corrected chi connectivity index (χ2v) is 5.03. The quantitative estimate of drug-likeness (QED) is 0.403. The Balaban J connectivity index is 2.25. The Morgan fingerprint density at radius 1 is 1.16 bits per heavy atom. The normalized spacial score (nSPS) is 10.4. The minimum absolute atomic E-state index is 0.00574. The average molecular weight is 338 g/mol. The summed E-state index contributed by atoms with van der Waals surface area (Å²) in [6.45, 7) is 1.87. The van der Waals surface area contributed by atoms with Crippen LogP contribution in [0.25, 0.3) is 16.9 Å². The lowest BCUT2D eigenvalue weighted by Gasteiger charge is -2.08. The van der Waals surface area contributed by atoms with Crippen LogP contribution in [0.1, 0.15) is 17.4 Å². The van der Waals surface area contributed by atoms with Crippen LogP contribution in [0.5, 0.6) is 0 Å². The van der Waals surface area contributed by atoms with E-state index < -0.39 is 10.9 Å². The van der Waals surface area contributed by atoms with E-state index in [0.29, 0.717) is 11.3 Å². The molecule has 0 N–H and O–H groups in total. The Labute approximate surface area is 142 Å². The van der Waals surface area contributed by atoms with Gasteiger partial charge in [-0.3, -0.25) is 10.1 Å². The maximum atomic E-state index is 12.2. The number of carbonyl (C=O) groups is 1. The van der Waals surface area contributed by atoms with Crippen LogP contribution >= 0.6 is 0 Å². The zero-order chi connectivity index (χ0) is 17.8. The molecule has 8 nitrogen and oxygen atoms in total. The van der Waals surface area contributed by atoms with Gasteiger partial charge in [0.05, 0.1) is 11.5 Å². The summed E-state index contributed by atoms with van der Waals surface area (Å²) in [7, 11) is 0. The summed E-state index contributed by atoms with van der Waals surface area (Å²) in [6.07, 6.45) is 0. The van der Waals surface area contributed by atoms with E-state index >= 15 is 0 Å². The van der Waals surface area contributed by atoms with Crippen LogP contribution in [-0.2, 0) is 4.74 Å².